The number of aromatic nitrogens is 4. The van der Waals surface area contributed by atoms with Crippen LogP contribution in [0.2, 0.25) is 5.02 Å². The first kappa shape index (κ1) is 21.8. The van der Waals surface area contributed by atoms with Gasteiger partial charge in [0.25, 0.3) is 11.5 Å². The Morgan fingerprint density at radius 3 is 2.72 bits per heavy atom. The Morgan fingerprint density at radius 1 is 1.28 bits per heavy atom. The van der Waals surface area contributed by atoms with Gasteiger partial charge in [0.15, 0.2) is 6.61 Å². The second-order valence-corrected chi connectivity index (χ2v) is 8.29. The Hall–Kier alpha value is -3.43. The molecular weight excluding hydrogens is 450 g/mol. The molecule has 0 saturated heterocycles. The number of nitrogens with one attached hydrogen (secondary N) is 2. The number of ether oxygens (including phenoxy) is 1. The van der Waals surface area contributed by atoms with Crippen molar-refractivity contribution in [3.05, 3.63) is 74.5 Å². The lowest BCUT2D eigenvalue weighted by molar-refractivity contribution is -0.118. The fraction of sp³-hybridized carbons (Fsp3) is 0.182. The molecular formula is C22H20ClN5O3S. The fourth-order valence-corrected chi connectivity index (χ4v) is 3.95. The minimum Gasteiger partial charge on any atom is -0.484 e. The van der Waals surface area contributed by atoms with Crippen molar-refractivity contribution in [3.63, 3.8) is 0 Å². The highest BCUT2D eigenvalue weighted by Crippen LogP contribution is 2.27. The van der Waals surface area contributed by atoms with E-state index in [9.17, 15) is 9.59 Å². The maximum atomic E-state index is 12.6. The zero-order chi connectivity index (χ0) is 22.7. The van der Waals surface area contributed by atoms with Crippen LogP contribution >= 0.6 is 22.9 Å². The van der Waals surface area contributed by atoms with Crippen LogP contribution in [-0.2, 0) is 11.2 Å². The summed E-state index contributed by atoms with van der Waals surface area (Å²) in [5.74, 6) is 0.725. The molecule has 0 saturated carbocycles. The third kappa shape index (κ3) is 4.74. The maximum Gasteiger partial charge on any atom is 0.263 e. The minimum absolute atomic E-state index is 0.209. The highest BCUT2D eigenvalue weighted by Gasteiger charge is 2.17. The molecule has 0 bridgehead atoms. The number of H-pyrrole nitrogens is 1. The van der Waals surface area contributed by atoms with E-state index in [4.69, 9.17) is 16.3 Å². The van der Waals surface area contributed by atoms with E-state index in [2.05, 4.69) is 20.4 Å². The van der Waals surface area contributed by atoms with E-state index in [0.29, 0.717) is 40.0 Å². The summed E-state index contributed by atoms with van der Waals surface area (Å²) in [6.45, 7) is 3.46. The minimum atomic E-state index is -0.386. The molecule has 1 aromatic carbocycles. The van der Waals surface area contributed by atoms with Gasteiger partial charge in [-0.2, -0.15) is 9.78 Å². The molecule has 3 aromatic heterocycles. The van der Waals surface area contributed by atoms with Crippen LogP contribution < -0.4 is 15.6 Å². The van der Waals surface area contributed by atoms with Crippen molar-refractivity contribution in [1.29, 1.82) is 0 Å². The van der Waals surface area contributed by atoms with Gasteiger partial charge in [-0.1, -0.05) is 24.6 Å². The summed E-state index contributed by atoms with van der Waals surface area (Å²) < 4.78 is 6.94. The molecule has 0 unspecified atom stereocenters. The van der Waals surface area contributed by atoms with Gasteiger partial charge in [-0.15, -0.1) is 11.3 Å². The zero-order valence-electron chi connectivity index (χ0n) is 17.4. The molecule has 8 nitrogen and oxygen atoms in total. The molecule has 0 atom stereocenters. The van der Waals surface area contributed by atoms with Crippen molar-refractivity contribution in [3.8, 4) is 22.3 Å². The lowest BCUT2D eigenvalue weighted by Crippen LogP contribution is -2.24. The Morgan fingerprint density at radius 2 is 2.06 bits per heavy atom. The lowest BCUT2D eigenvalue weighted by atomic mass is 10.2. The highest BCUT2D eigenvalue weighted by atomic mass is 35.5. The Kier molecular flexibility index (Phi) is 6.38. The van der Waals surface area contributed by atoms with Crippen LogP contribution in [0, 0.1) is 6.92 Å². The maximum absolute atomic E-state index is 12.6. The topological polar surface area (TPSA) is 102 Å². The molecule has 0 aliphatic carbocycles. The summed E-state index contributed by atoms with van der Waals surface area (Å²) >= 11 is 7.39. The largest absolute Gasteiger partial charge is 0.484 e. The molecule has 3 heterocycles. The van der Waals surface area contributed by atoms with E-state index in [0.717, 1.165) is 4.88 Å². The first-order chi connectivity index (χ1) is 15.4. The van der Waals surface area contributed by atoms with Crippen molar-refractivity contribution in [2.75, 3.05) is 11.9 Å². The molecule has 4 rings (SSSR count). The lowest BCUT2D eigenvalue weighted by Gasteiger charge is -2.10. The number of benzene rings is 1. The molecule has 1 amide bonds. The summed E-state index contributed by atoms with van der Waals surface area (Å²) in [7, 11) is 0. The average Bonchev–Trinajstić information content (AvgIpc) is 3.43. The van der Waals surface area contributed by atoms with Gasteiger partial charge in [-0.05, 0) is 49.1 Å². The van der Waals surface area contributed by atoms with Gasteiger partial charge in [-0.3, -0.25) is 14.6 Å². The molecule has 0 radical (unpaired) electrons. The van der Waals surface area contributed by atoms with E-state index in [1.54, 1.807) is 37.3 Å². The number of amides is 1. The molecule has 0 aliphatic heterocycles. The third-order valence-electron chi connectivity index (χ3n) is 4.70. The number of carbonyl (C=O) groups excluding carboxylic acids is 1. The Balaban J connectivity index is 1.62. The predicted molar refractivity (Wildman–Crippen MR) is 125 cm³/mol. The number of halogens is 1. The van der Waals surface area contributed by atoms with Crippen LogP contribution in [0.15, 0.2) is 52.6 Å². The number of aromatic amines is 1. The Bertz CT molecular complexity index is 1300. The van der Waals surface area contributed by atoms with E-state index < -0.39 is 0 Å². The van der Waals surface area contributed by atoms with E-state index >= 15 is 0 Å². The number of aryl methyl sites for hydroxylation is 1. The second-order valence-electron chi connectivity index (χ2n) is 6.90. The van der Waals surface area contributed by atoms with E-state index in [1.807, 2.05) is 24.4 Å². The Labute approximate surface area is 192 Å². The van der Waals surface area contributed by atoms with Gasteiger partial charge in [0.1, 0.15) is 17.3 Å². The molecule has 0 aliphatic rings. The quantitative estimate of drug-likeness (QED) is 0.422. The first-order valence-electron chi connectivity index (χ1n) is 9.87. The van der Waals surface area contributed by atoms with Gasteiger partial charge in [0, 0.05) is 22.3 Å². The van der Waals surface area contributed by atoms with Crippen LogP contribution in [0.5, 0.6) is 5.75 Å². The average molecular weight is 470 g/mol. The number of hydrogen-bond acceptors (Lipinski definition) is 6. The van der Waals surface area contributed by atoms with Crippen molar-refractivity contribution in [2.24, 2.45) is 0 Å². The van der Waals surface area contributed by atoms with Crippen molar-refractivity contribution in [1.82, 2.24) is 19.7 Å². The second kappa shape index (κ2) is 9.37. The number of rotatable bonds is 7. The number of nitrogens with zero attached hydrogens (tertiary/aromatic N) is 3. The standard InChI is InChI=1S/C22H20ClN5O3S/c1-3-16-13(2)24-22(26-21(16)30)28-19(11-17(27-28)18-5-4-10-32-18)25-20(29)12-31-15-8-6-14(23)7-9-15/h4-11H,3,12H2,1-2H3,(H,25,29)(H,24,26,30). The monoisotopic (exact) mass is 469 g/mol. The number of hydrogen-bond donors (Lipinski definition) is 2. The molecule has 4 aromatic rings. The smallest absolute Gasteiger partial charge is 0.263 e. The molecule has 0 spiro atoms. The summed E-state index contributed by atoms with van der Waals surface area (Å²) in [4.78, 5) is 33.2. The van der Waals surface area contributed by atoms with Crippen molar-refractivity contribution in [2.45, 2.75) is 20.3 Å². The molecule has 164 valence electrons. The number of thiophene rings is 1. The van der Waals surface area contributed by atoms with Gasteiger partial charge in [0.2, 0.25) is 5.95 Å². The summed E-state index contributed by atoms with van der Waals surface area (Å²) in [5.41, 5.74) is 1.64. The van der Waals surface area contributed by atoms with Crippen LogP contribution in [0.4, 0.5) is 5.82 Å². The van der Waals surface area contributed by atoms with Crippen LogP contribution in [0.3, 0.4) is 0 Å². The zero-order valence-corrected chi connectivity index (χ0v) is 19.0. The summed E-state index contributed by atoms with van der Waals surface area (Å²) in [6.07, 6.45) is 0.569. The normalized spacial score (nSPS) is 10.8. The van der Waals surface area contributed by atoms with E-state index in [-0.39, 0.29) is 24.0 Å². The van der Waals surface area contributed by atoms with Crippen LogP contribution in [0.25, 0.3) is 16.5 Å². The van der Waals surface area contributed by atoms with Gasteiger partial charge >= 0.3 is 0 Å². The third-order valence-corrected chi connectivity index (χ3v) is 5.84. The molecule has 2 N–H and O–H groups in total. The first-order valence-corrected chi connectivity index (χ1v) is 11.1. The van der Waals surface area contributed by atoms with Gasteiger partial charge in [0.05, 0.1) is 4.88 Å². The summed E-state index contributed by atoms with van der Waals surface area (Å²) in [6, 6.07) is 12.3. The fourth-order valence-electron chi connectivity index (χ4n) is 3.15. The number of carbonyl (C=O) groups is 1. The SMILES string of the molecule is CCc1c(C)nc(-n2nc(-c3cccs3)cc2NC(=O)COc2ccc(Cl)cc2)[nH]c1=O. The van der Waals surface area contributed by atoms with E-state index in [1.165, 1.54) is 16.0 Å². The molecule has 10 heteroatoms. The van der Waals surface area contributed by atoms with Gasteiger partial charge in [-0.25, -0.2) is 4.98 Å². The van der Waals surface area contributed by atoms with Gasteiger partial charge < -0.3 is 10.1 Å². The predicted octanol–water partition coefficient (Wildman–Crippen LogP) is 4.23. The molecule has 32 heavy (non-hydrogen) atoms. The van der Waals surface area contributed by atoms with Crippen LogP contribution in [0.1, 0.15) is 18.2 Å². The highest BCUT2D eigenvalue weighted by molar-refractivity contribution is 7.13. The van der Waals surface area contributed by atoms with Crippen LogP contribution in [-0.4, -0.2) is 32.3 Å². The number of anilines is 1. The molecule has 0 fully saturated rings. The van der Waals surface area contributed by atoms with Crippen molar-refractivity contribution >= 4 is 34.7 Å². The summed E-state index contributed by atoms with van der Waals surface area (Å²) in [5, 5.41) is 9.88. The van der Waals surface area contributed by atoms with Crippen molar-refractivity contribution < 1.29 is 9.53 Å².